The average Bonchev–Trinajstić information content (AvgIpc) is 3.08. The van der Waals surface area contributed by atoms with Crippen LogP contribution in [0.4, 0.5) is 23.1 Å². The van der Waals surface area contributed by atoms with E-state index in [4.69, 9.17) is 27.3 Å². The fourth-order valence-corrected chi connectivity index (χ4v) is 4.19. The number of halogens is 3. The summed E-state index contributed by atoms with van der Waals surface area (Å²) in [5.74, 6) is 1.71. The number of hydrogen-bond donors (Lipinski definition) is 3. The van der Waals surface area contributed by atoms with Crippen molar-refractivity contribution in [1.82, 2.24) is 15.3 Å². The minimum absolute atomic E-state index is 0. The van der Waals surface area contributed by atoms with Crippen molar-refractivity contribution >= 4 is 59.6 Å². The number of nitrogens with zero attached hydrogens (tertiary/aromatic N) is 3. The van der Waals surface area contributed by atoms with Crippen molar-refractivity contribution in [2.75, 3.05) is 36.1 Å². The van der Waals surface area contributed by atoms with E-state index in [1.54, 1.807) is 6.07 Å². The predicted molar refractivity (Wildman–Crippen MR) is 122 cm³/mol. The molecule has 0 bridgehead atoms. The highest BCUT2D eigenvalue weighted by molar-refractivity contribution is 6.31. The highest BCUT2D eigenvalue weighted by Crippen LogP contribution is 2.32. The molecule has 0 unspecified atom stereocenters. The van der Waals surface area contributed by atoms with E-state index in [-0.39, 0.29) is 24.8 Å². The fourth-order valence-electron chi connectivity index (χ4n) is 3.95. The van der Waals surface area contributed by atoms with E-state index in [0.717, 1.165) is 43.9 Å². The Morgan fingerprint density at radius 1 is 1.14 bits per heavy atom. The Bertz CT molecular complexity index is 796. The van der Waals surface area contributed by atoms with Gasteiger partial charge in [-0.05, 0) is 57.4 Å². The highest BCUT2D eigenvalue weighted by Gasteiger charge is 2.26. The molecule has 2 aromatic rings. The lowest BCUT2D eigenvalue weighted by molar-refractivity contribution is 0.447. The molecule has 0 spiro atoms. The number of nitrogen functional groups attached to an aromatic ring is 1. The van der Waals surface area contributed by atoms with Gasteiger partial charge in [-0.3, -0.25) is 0 Å². The Kier molecular flexibility index (Phi) is 8.01. The van der Waals surface area contributed by atoms with Gasteiger partial charge in [0.1, 0.15) is 5.82 Å². The third-order valence-electron chi connectivity index (χ3n) is 5.22. The minimum atomic E-state index is 0. The second-order valence-corrected chi connectivity index (χ2v) is 7.56. The molecule has 4 N–H and O–H groups in total. The molecule has 1 aliphatic heterocycles. The van der Waals surface area contributed by atoms with Crippen molar-refractivity contribution in [2.45, 2.75) is 38.1 Å². The topological polar surface area (TPSA) is 79.1 Å². The van der Waals surface area contributed by atoms with Crippen LogP contribution >= 0.6 is 36.4 Å². The molecule has 9 heteroatoms. The van der Waals surface area contributed by atoms with Gasteiger partial charge in [-0.25, -0.2) is 4.98 Å². The Morgan fingerprint density at radius 3 is 2.71 bits per heavy atom. The summed E-state index contributed by atoms with van der Waals surface area (Å²) in [7, 11) is 2.04. The normalized spacial score (nSPS) is 18.1. The fraction of sp³-hybridized carbons (Fsp3) is 0.474. The first-order chi connectivity index (χ1) is 12.6. The molecule has 2 aliphatic rings. The van der Waals surface area contributed by atoms with Crippen molar-refractivity contribution in [3.63, 3.8) is 0 Å². The number of aryl methyl sites for hydroxylation is 1. The van der Waals surface area contributed by atoms with E-state index >= 15 is 0 Å². The van der Waals surface area contributed by atoms with Gasteiger partial charge in [0.25, 0.3) is 0 Å². The molecule has 0 radical (unpaired) electrons. The molecule has 0 saturated carbocycles. The third-order valence-corrected chi connectivity index (χ3v) is 5.43. The number of aromatic nitrogens is 2. The molecule has 1 atom stereocenters. The summed E-state index contributed by atoms with van der Waals surface area (Å²) in [6.07, 6.45) is 5.62. The molecule has 0 amide bonds. The third kappa shape index (κ3) is 4.92. The summed E-state index contributed by atoms with van der Waals surface area (Å²) in [6, 6.07) is 5.93. The maximum absolute atomic E-state index is 6.12. The van der Waals surface area contributed by atoms with Gasteiger partial charge in [-0.1, -0.05) is 11.6 Å². The van der Waals surface area contributed by atoms with Crippen LogP contribution in [0.1, 0.15) is 30.5 Å². The van der Waals surface area contributed by atoms with Gasteiger partial charge in [-0.15, -0.1) is 24.8 Å². The van der Waals surface area contributed by atoms with Crippen LogP contribution in [0, 0.1) is 0 Å². The van der Waals surface area contributed by atoms with Crippen LogP contribution in [0.25, 0.3) is 0 Å². The number of nitrogens with one attached hydrogen (secondary N) is 2. The molecule has 1 aliphatic carbocycles. The lowest BCUT2D eigenvalue weighted by Gasteiger charge is -2.34. The van der Waals surface area contributed by atoms with E-state index in [1.165, 1.54) is 24.1 Å². The number of piperidine rings is 1. The molecule has 154 valence electrons. The van der Waals surface area contributed by atoms with Gasteiger partial charge in [0.2, 0.25) is 5.95 Å². The van der Waals surface area contributed by atoms with Crippen LogP contribution in [0.3, 0.4) is 0 Å². The largest absolute Gasteiger partial charge is 0.399 e. The number of rotatable bonds is 4. The Balaban J connectivity index is 0.00000140. The SMILES string of the molecule is CN[C@@H]1CCCN(c2nc(Nc3cc(N)cc(Cl)c3)nc3c2CCC3)C1.Cl.Cl. The van der Waals surface area contributed by atoms with Gasteiger partial charge < -0.3 is 21.3 Å². The van der Waals surface area contributed by atoms with E-state index in [9.17, 15) is 0 Å². The van der Waals surface area contributed by atoms with E-state index < -0.39 is 0 Å². The summed E-state index contributed by atoms with van der Waals surface area (Å²) < 4.78 is 0. The van der Waals surface area contributed by atoms with Crippen molar-refractivity contribution in [3.8, 4) is 0 Å². The second-order valence-electron chi connectivity index (χ2n) is 7.12. The highest BCUT2D eigenvalue weighted by atomic mass is 35.5. The molecule has 1 aromatic carbocycles. The quantitative estimate of drug-likeness (QED) is 0.618. The van der Waals surface area contributed by atoms with Crippen molar-refractivity contribution in [1.29, 1.82) is 0 Å². The molecule has 2 heterocycles. The molecule has 28 heavy (non-hydrogen) atoms. The van der Waals surface area contributed by atoms with Gasteiger partial charge in [0.05, 0.1) is 5.69 Å². The van der Waals surface area contributed by atoms with E-state index in [2.05, 4.69) is 15.5 Å². The standard InChI is InChI=1S/C19H25ClN6.2ClH/c1-22-14-4-3-7-26(11-14)18-16-5-2-6-17(16)24-19(25-18)23-15-9-12(20)8-13(21)10-15;;/h8-10,14,22H,2-7,11,21H2,1H3,(H,23,24,25);2*1H/t14-;;/m1../s1. The number of hydrogen-bond acceptors (Lipinski definition) is 6. The molecule has 1 fully saturated rings. The zero-order valence-electron chi connectivity index (χ0n) is 15.9. The lowest BCUT2D eigenvalue weighted by Crippen LogP contribution is -2.45. The Morgan fingerprint density at radius 2 is 1.96 bits per heavy atom. The molecule has 1 aromatic heterocycles. The predicted octanol–water partition coefficient (Wildman–Crippen LogP) is 3.98. The molecule has 6 nitrogen and oxygen atoms in total. The summed E-state index contributed by atoms with van der Waals surface area (Å²) >= 11 is 6.12. The summed E-state index contributed by atoms with van der Waals surface area (Å²) in [4.78, 5) is 12.0. The van der Waals surface area contributed by atoms with Gasteiger partial charge in [-0.2, -0.15) is 4.98 Å². The van der Waals surface area contributed by atoms with Crippen LogP contribution in [-0.2, 0) is 12.8 Å². The van der Waals surface area contributed by atoms with Gasteiger partial charge in [0, 0.05) is 41.1 Å². The Labute approximate surface area is 183 Å². The van der Waals surface area contributed by atoms with Crippen LogP contribution in [0.15, 0.2) is 18.2 Å². The summed E-state index contributed by atoms with van der Waals surface area (Å²) in [5.41, 5.74) is 9.81. The first-order valence-corrected chi connectivity index (χ1v) is 9.65. The van der Waals surface area contributed by atoms with Crippen molar-refractivity contribution in [2.24, 2.45) is 0 Å². The zero-order valence-corrected chi connectivity index (χ0v) is 18.3. The molecule has 1 saturated heterocycles. The Hall–Kier alpha value is -1.47. The van der Waals surface area contributed by atoms with E-state index in [1.807, 2.05) is 19.2 Å². The van der Waals surface area contributed by atoms with Gasteiger partial charge in [0.15, 0.2) is 0 Å². The average molecular weight is 446 g/mol. The zero-order chi connectivity index (χ0) is 18.1. The molecular formula is C19H27Cl3N6. The number of benzene rings is 1. The lowest BCUT2D eigenvalue weighted by atomic mass is 10.1. The first kappa shape index (κ1) is 22.8. The van der Waals surface area contributed by atoms with Crippen LogP contribution < -0.4 is 21.3 Å². The molecular weight excluding hydrogens is 419 g/mol. The number of likely N-dealkylation sites (N-methyl/N-ethyl adjacent to an activating group) is 1. The second kappa shape index (κ2) is 9.83. The monoisotopic (exact) mass is 444 g/mol. The number of fused-ring (bicyclic) bond motifs is 1. The minimum Gasteiger partial charge on any atom is -0.399 e. The number of anilines is 4. The van der Waals surface area contributed by atoms with Crippen LogP contribution in [0.2, 0.25) is 5.02 Å². The van der Waals surface area contributed by atoms with Gasteiger partial charge >= 0.3 is 0 Å². The first-order valence-electron chi connectivity index (χ1n) is 9.27. The summed E-state index contributed by atoms with van der Waals surface area (Å²) in [6.45, 7) is 2.04. The van der Waals surface area contributed by atoms with Crippen molar-refractivity contribution in [3.05, 3.63) is 34.5 Å². The smallest absolute Gasteiger partial charge is 0.229 e. The van der Waals surface area contributed by atoms with E-state index in [0.29, 0.717) is 22.7 Å². The maximum Gasteiger partial charge on any atom is 0.229 e. The maximum atomic E-state index is 6.12. The van der Waals surface area contributed by atoms with Crippen molar-refractivity contribution < 1.29 is 0 Å². The van der Waals surface area contributed by atoms with Crippen LogP contribution in [0.5, 0.6) is 0 Å². The summed E-state index contributed by atoms with van der Waals surface area (Å²) in [5, 5.41) is 7.30. The molecule has 4 rings (SSSR count). The van der Waals surface area contributed by atoms with Crippen LogP contribution in [-0.4, -0.2) is 36.1 Å². The number of nitrogens with two attached hydrogens (primary N) is 1.